The molecule has 4 aromatic rings. The predicted octanol–water partition coefficient (Wildman–Crippen LogP) is 6.45. The Morgan fingerprint density at radius 3 is 2.21 bits per heavy atom. The fourth-order valence-corrected chi connectivity index (χ4v) is 8.63. The Kier molecular flexibility index (Phi) is 8.44. The largest absolute Gasteiger partial charge is 0.418 e. The lowest BCUT2D eigenvalue weighted by Crippen LogP contribution is -2.33. The minimum absolute atomic E-state index is 0.158. The van der Waals surface area contributed by atoms with Crippen LogP contribution < -0.4 is 20.0 Å². The van der Waals surface area contributed by atoms with Crippen LogP contribution in [0.25, 0.3) is 0 Å². The van der Waals surface area contributed by atoms with E-state index in [1.807, 2.05) is 19.0 Å². The number of aromatic nitrogens is 1. The van der Waals surface area contributed by atoms with Crippen LogP contribution >= 0.6 is 23.1 Å². The van der Waals surface area contributed by atoms with Crippen LogP contribution in [0.3, 0.4) is 0 Å². The van der Waals surface area contributed by atoms with Gasteiger partial charge in [-0.1, -0.05) is 53.4 Å². The molecule has 16 heteroatoms. The second kappa shape index (κ2) is 12.1. The van der Waals surface area contributed by atoms with Crippen LogP contribution in [0.5, 0.6) is 0 Å². The number of thiazole rings is 1. The molecule has 0 spiro atoms. The second-order valence-corrected chi connectivity index (χ2v) is 13.4. The van der Waals surface area contributed by atoms with Crippen LogP contribution in [0.4, 0.5) is 43.4 Å². The molecule has 1 aromatic heterocycles. The number of amides is 3. The summed E-state index contributed by atoms with van der Waals surface area (Å²) in [6, 6.07) is 15.1. The molecule has 0 bridgehead atoms. The van der Waals surface area contributed by atoms with Gasteiger partial charge in [-0.2, -0.15) is 26.3 Å². The monoisotopic (exact) mass is 706 g/mol. The zero-order valence-electron chi connectivity index (χ0n) is 24.9. The van der Waals surface area contributed by atoms with Gasteiger partial charge in [0.2, 0.25) is 17.7 Å². The van der Waals surface area contributed by atoms with Gasteiger partial charge >= 0.3 is 17.2 Å². The first kappa shape index (κ1) is 33.3. The number of carbonyl (C=O) groups is 3. The van der Waals surface area contributed by atoms with Crippen molar-refractivity contribution in [2.75, 3.05) is 29.2 Å². The zero-order chi connectivity index (χ0) is 34.7. The van der Waals surface area contributed by atoms with E-state index < -0.39 is 75.4 Å². The molecular weight excluding hydrogens is 682 g/mol. The number of rotatable bonds is 6. The number of halogens is 6. The SMILES string of the molecule is CN(C)c1ccc([C@@H]2c3sc(=O)n(CC(=O)Nc4cccc(C(F)(F)F)c4)c3S[C@H]3C(=O)N(c4ccccc4C(F)(F)F)C(=O)[C@@H]23)cc1. The summed E-state index contributed by atoms with van der Waals surface area (Å²) in [6.45, 7) is -0.639. The number of imide groups is 1. The minimum Gasteiger partial charge on any atom is -0.378 e. The summed E-state index contributed by atoms with van der Waals surface area (Å²) in [6.07, 6.45) is -9.53. The predicted molar refractivity (Wildman–Crippen MR) is 168 cm³/mol. The number of benzene rings is 3. The summed E-state index contributed by atoms with van der Waals surface area (Å²) in [7, 11) is 3.62. The average molecular weight is 707 g/mol. The molecule has 0 unspecified atom stereocenters. The van der Waals surface area contributed by atoms with Gasteiger partial charge in [0, 0.05) is 36.3 Å². The summed E-state index contributed by atoms with van der Waals surface area (Å²) in [5.74, 6) is -4.73. The van der Waals surface area contributed by atoms with E-state index >= 15 is 0 Å². The number of carbonyl (C=O) groups excluding carboxylic acids is 3. The molecule has 48 heavy (non-hydrogen) atoms. The van der Waals surface area contributed by atoms with Gasteiger partial charge in [0.25, 0.3) is 0 Å². The van der Waals surface area contributed by atoms with E-state index in [0.29, 0.717) is 15.3 Å². The number of nitrogens with one attached hydrogen (secondary N) is 1. The lowest BCUT2D eigenvalue weighted by atomic mass is 9.83. The summed E-state index contributed by atoms with van der Waals surface area (Å²) in [5, 5.41) is 1.27. The maximum atomic E-state index is 14.1. The van der Waals surface area contributed by atoms with E-state index in [-0.39, 0.29) is 10.7 Å². The highest BCUT2D eigenvalue weighted by atomic mass is 32.2. The van der Waals surface area contributed by atoms with Crippen LogP contribution in [0.2, 0.25) is 0 Å². The fourth-order valence-electron chi connectivity index (χ4n) is 5.86. The molecule has 6 rings (SSSR count). The molecule has 250 valence electrons. The molecule has 3 amide bonds. The first-order chi connectivity index (χ1) is 22.6. The van der Waals surface area contributed by atoms with E-state index in [0.717, 1.165) is 69.8 Å². The van der Waals surface area contributed by atoms with E-state index in [9.17, 15) is 45.5 Å². The van der Waals surface area contributed by atoms with E-state index in [1.54, 1.807) is 24.3 Å². The third kappa shape index (κ3) is 5.98. The lowest BCUT2D eigenvalue weighted by Gasteiger charge is -2.31. The lowest BCUT2D eigenvalue weighted by molar-refractivity contribution is -0.138. The van der Waals surface area contributed by atoms with Crippen molar-refractivity contribution in [3.05, 3.63) is 104 Å². The number of hydrogen-bond acceptors (Lipinski definition) is 7. The minimum atomic E-state index is -4.87. The van der Waals surface area contributed by atoms with Crippen molar-refractivity contribution in [2.24, 2.45) is 5.92 Å². The van der Waals surface area contributed by atoms with E-state index in [4.69, 9.17) is 0 Å². The van der Waals surface area contributed by atoms with Gasteiger partial charge in [-0.05, 0) is 48.0 Å². The quantitative estimate of drug-likeness (QED) is 0.183. The summed E-state index contributed by atoms with van der Waals surface area (Å²) < 4.78 is 82.7. The molecule has 3 atom stereocenters. The first-order valence-corrected chi connectivity index (χ1v) is 15.9. The summed E-state index contributed by atoms with van der Waals surface area (Å²) >= 11 is 1.53. The molecule has 0 radical (unpaired) electrons. The Balaban J connectivity index is 1.41. The maximum Gasteiger partial charge on any atom is 0.418 e. The Labute approximate surface area is 277 Å². The van der Waals surface area contributed by atoms with Crippen molar-refractivity contribution in [1.29, 1.82) is 0 Å². The second-order valence-electron chi connectivity index (χ2n) is 11.3. The Bertz CT molecular complexity index is 1990. The highest BCUT2D eigenvalue weighted by Gasteiger charge is 2.57. The normalized spacial score (nSPS) is 19.2. The molecule has 2 aliphatic rings. The number of para-hydroxylation sites is 1. The molecular formula is C32H24F6N4O4S2. The number of nitrogens with zero attached hydrogens (tertiary/aromatic N) is 3. The number of fused-ring (bicyclic) bond motifs is 2. The number of anilines is 3. The first-order valence-electron chi connectivity index (χ1n) is 14.2. The van der Waals surface area contributed by atoms with Gasteiger partial charge < -0.3 is 10.2 Å². The summed E-state index contributed by atoms with van der Waals surface area (Å²) in [4.78, 5) is 56.5. The van der Waals surface area contributed by atoms with E-state index in [2.05, 4.69) is 5.32 Å². The Hall–Kier alpha value is -4.57. The van der Waals surface area contributed by atoms with Gasteiger partial charge in [0.05, 0.1) is 27.8 Å². The van der Waals surface area contributed by atoms with Crippen molar-refractivity contribution in [2.45, 2.75) is 35.1 Å². The molecule has 1 saturated heterocycles. The molecule has 2 aliphatic heterocycles. The highest BCUT2D eigenvalue weighted by Crippen LogP contribution is 2.54. The van der Waals surface area contributed by atoms with Crippen LogP contribution in [0.15, 0.2) is 82.6 Å². The fraction of sp³-hybridized carbons (Fsp3) is 0.250. The van der Waals surface area contributed by atoms with E-state index in [1.165, 1.54) is 12.1 Å². The molecule has 1 N–H and O–H groups in total. The summed E-state index contributed by atoms with van der Waals surface area (Å²) in [5.41, 5.74) is -1.61. The van der Waals surface area contributed by atoms with Gasteiger partial charge in [-0.15, -0.1) is 0 Å². The smallest absolute Gasteiger partial charge is 0.378 e. The van der Waals surface area contributed by atoms with Crippen LogP contribution in [-0.4, -0.2) is 41.6 Å². The van der Waals surface area contributed by atoms with Crippen LogP contribution in [0, 0.1) is 5.92 Å². The molecule has 0 saturated carbocycles. The Morgan fingerprint density at radius 2 is 1.56 bits per heavy atom. The molecule has 0 aliphatic carbocycles. The van der Waals surface area contributed by atoms with Gasteiger partial charge in [-0.25, -0.2) is 4.90 Å². The van der Waals surface area contributed by atoms with Crippen molar-refractivity contribution >= 4 is 57.9 Å². The van der Waals surface area contributed by atoms with Gasteiger partial charge in [0.1, 0.15) is 11.8 Å². The van der Waals surface area contributed by atoms with Crippen LogP contribution in [-0.2, 0) is 33.3 Å². The van der Waals surface area contributed by atoms with Crippen LogP contribution in [0.1, 0.15) is 27.5 Å². The molecule has 1 fully saturated rings. The number of alkyl halides is 6. The zero-order valence-corrected chi connectivity index (χ0v) is 26.6. The number of hydrogen-bond donors (Lipinski definition) is 1. The molecule has 3 heterocycles. The third-order valence-electron chi connectivity index (χ3n) is 8.04. The average Bonchev–Trinajstić information content (AvgIpc) is 3.46. The highest BCUT2D eigenvalue weighted by molar-refractivity contribution is 8.00. The standard InChI is InChI=1S/C32H24F6N4O4S2/c1-40(2)19-12-10-16(11-13-19)23-24-25(28(45)42(27(24)44)21-9-4-3-8-20(21)32(36,37)38)47-29-26(23)48-30(46)41(29)15-22(43)39-18-7-5-6-17(14-18)31(33,34)35/h3-14,23-25H,15H2,1-2H3,(H,39,43)/t23-,24-,25+/m0/s1. The third-order valence-corrected chi connectivity index (χ3v) is 10.6. The molecule has 3 aromatic carbocycles. The van der Waals surface area contributed by atoms with Crippen molar-refractivity contribution in [3.63, 3.8) is 0 Å². The Morgan fingerprint density at radius 1 is 0.875 bits per heavy atom. The van der Waals surface area contributed by atoms with Gasteiger partial charge in [-0.3, -0.25) is 23.7 Å². The molecule has 8 nitrogen and oxygen atoms in total. The topological polar surface area (TPSA) is 91.7 Å². The maximum absolute atomic E-state index is 14.1. The number of thioether (sulfide) groups is 1. The van der Waals surface area contributed by atoms with Crippen molar-refractivity contribution < 1.29 is 40.7 Å². The van der Waals surface area contributed by atoms with Gasteiger partial charge in [0.15, 0.2) is 0 Å². The van der Waals surface area contributed by atoms with Crippen molar-refractivity contribution in [1.82, 2.24) is 4.57 Å². The van der Waals surface area contributed by atoms with Crippen molar-refractivity contribution in [3.8, 4) is 0 Å².